The Morgan fingerprint density at radius 2 is 1.93 bits per heavy atom. The van der Waals surface area contributed by atoms with E-state index in [0.29, 0.717) is 26.1 Å². The van der Waals surface area contributed by atoms with Gasteiger partial charge in [0.25, 0.3) is 0 Å². The predicted octanol–water partition coefficient (Wildman–Crippen LogP) is 3.21. The van der Waals surface area contributed by atoms with E-state index >= 15 is 0 Å². The van der Waals surface area contributed by atoms with Crippen LogP contribution in [0.3, 0.4) is 0 Å². The van der Waals surface area contributed by atoms with Crippen molar-refractivity contribution in [3.8, 4) is 0 Å². The summed E-state index contributed by atoms with van der Waals surface area (Å²) in [5, 5.41) is 4.02. The lowest BCUT2D eigenvalue weighted by atomic mass is 9.93. The predicted molar refractivity (Wildman–Crippen MR) is 101 cm³/mol. The molecule has 1 aliphatic carbocycles. The molecule has 2 atom stereocenters. The number of hydrogen-bond donors (Lipinski definition) is 0. The first-order valence-electron chi connectivity index (χ1n) is 10.5. The van der Waals surface area contributed by atoms with E-state index < -0.39 is 0 Å². The first-order valence-corrected chi connectivity index (χ1v) is 10.5. The van der Waals surface area contributed by atoms with Crippen molar-refractivity contribution in [1.29, 1.82) is 0 Å². The van der Waals surface area contributed by atoms with Crippen LogP contribution in [0, 0.1) is 25.7 Å². The maximum atomic E-state index is 13.0. The van der Waals surface area contributed by atoms with E-state index in [4.69, 9.17) is 4.52 Å². The normalized spacial score (nSPS) is 26.1. The van der Waals surface area contributed by atoms with Gasteiger partial charge in [0.15, 0.2) is 0 Å². The van der Waals surface area contributed by atoms with Crippen LogP contribution in [-0.2, 0) is 16.1 Å². The summed E-state index contributed by atoms with van der Waals surface area (Å²) in [7, 11) is 0. The molecule has 3 saturated heterocycles. The van der Waals surface area contributed by atoms with E-state index in [0.717, 1.165) is 42.2 Å². The minimum absolute atomic E-state index is 0.0559. The summed E-state index contributed by atoms with van der Waals surface area (Å²) in [6, 6.07) is 0.111. The topological polar surface area (TPSA) is 66.7 Å². The van der Waals surface area contributed by atoms with Crippen molar-refractivity contribution in [3.05, 3.63) is 17.0 Å². The molecule has 4 heterocycles. The van der Waals surface area contributed by atoms with E-state index in [2.05, 4.69) is 5.16 Å². The first-order chi connectivity index (χ1) is 13.0. The smallest absolute Gasteiger partial charge is 0.228 e. The monoisotopic (exact) mass is 373 g/mol. The summed E-state index contributed by atoms with van der Waals surface area (Å²) < 4.78 is 5.27. The van der Waals surface area contributed by atoms with Gasteiger partial charge in [-0.2, -0.15) is 0 Å². The van der Waals surface area contributed by atoms with Gasteiger partial charge in [0, 0.05) is 31.1 Å². The standard InChI is InChI=1S/C21H31N3O3/c1-14-19(15(2)27-22-14)13-24-18-9-8-17(21(24)26)11-23(12-18)20(25)10-7-16-5-3-4-6-16/h16-18H,3-13H2,1-2H3/t17-,18+/m1/s1. The van der Waals surface area contributed by atoms with Crippen molar-refractivity contribution in [3.63, 3.8) is 0 Å². The summed E-state index contributed by atoms with van der Waals surface area (Å²) in [5.74, 6) is 1.89. The second-order valence-electron chi connectivity index (χ2n) is 8.68. The number of carbonyl (C=O) groups excluding carboxylic acids is 2. The number of aryl methyl sites for hydroxylation is 2. The molecule has 5 rings (SSSR count). The third-order valence-corrected chi connectivity index (χ3v) is 6.90. The SMILES string of the molecule is Cc1noc(C)c1CN1C(=O)[C@@H]2CC[C@H]1CN(C(=O)CCC1CCCC1)C2. The average molecular weight is 373 g/mol. The molecule has 0 N–H and O–H groups in total. The Labute approximate surface area is 161 Å². The van der Waals surface area contributed by atoms with Crippen molar-refractivity contribution in [2.45, 2.75) is 77.8 Å². The van der Waals surface area contributed by atoms with Crippen LogP contribution in [0.25, 0.3) is 0 Å². The molecule has 2 bridgehead atoms. The molecule has 148 valence electrons. The molecule has 0 spiro atoms. The Morgan fingerprint density at radius 3 is 2.63 bits per heavy atom. The number of aromatic nitrogens is 1. The Hall–Kier alpha value is -1.85. The number of rotatable bonds is 5. The number of amides is 2. The lowest BCUT2D eigenvalue weighted by Crippen LogP contribution is -2.47. The van der Waals surface area contributed by atoms with Crippen LogP contribution in [0.4, 0.5) is 0 Å². The van der Waals surface area contributed by atoms with Gasteiger partial charge >= 0.3 is 0 Å². The highest BCUT2D eigenvalue weighted by atomic mass is 16.5. The van der Waals surface area contributed by atoms with E-state index in [-0.39, 0.29) is 23.8 Å². The van der Waals surface area contributed by atoms with Gasteiger partial charge < -0.3 is 14.3 Å². The number of piperidine rings is 1. The van der Waals surface area contributed by atoms with Gasteiger partial charge in [-0.05, 0) is 39.0 Å². The molecule has 1 aromatic rings. The van der Waals surface area contributed by atoms with E-state index in [1.807, 2.05) is 23.6 Å². The van der Waals surface area contributed by atoms with Crippen LogP contribution < -0.4 is 0 Å². The summed E-state index contributed by atoms with van der Waals surface area (Å²) in [4.78, 5) is 29.8. The van der Waals surface area contributed by atoms with Crippen LogP contribution in [0.1, 0.15) is 68.4 Å². The van der Waals surface area contributed by atoms with Crippen LogP contribution in [0.15, 0.2) is 4.52 Å². The zero-order valence-corrected chi connectivity index (χ0v) is 16.6. The highest BCUT2D eigenvalue weighted by molar-refractivity contribution is 5.83. The van der Waals surface area contributed by atoms with Gasteiger partial charge in [0.2, 0.25) is 11.8 Å². The molecule has 4 fully saturated rings. The number of fused-ring (bicyclic) bond motifs is 4. The van der Waals surface area contributed by atoms with Gasteiger partial charge in [-0.15, -0.1) is 0 Å². The lowest BCUT2D eigenvalue weighted by molar-refractivity contribution is -0.140. The van der Waals surface area contributed by atoms with Crippen LogP contribution >= 0.6 is 0 Å². The number of hydrogen-bond acceptors (Lipinski definition) is 4. The first kappa shape index (κ1) is 18.5. The van der Waals surface area contributed by atoms with Gasteiger partial charge in [-0.25, -0.2) is 0 Å². The Balaban J connectivity index is 1.43. The van der Waals surface area contributed by atoms with Crippen LogP contribution in [0.5, 0.6) is 0 Å². The molecular formula is C21H31N3O3. The van der Waals surface area contributed by atoms with E-state index in [1.165, 1.54) is 25.7 Å². The highest BCUT2D eigenvalue weighted by Crippen LogP contribution is 2.33. The van der Waals surface area contributed by atoms with Crippen molar-refractivity contribution in [1.82, 2.24) is 15.0 Å². The van der Waals surface area contributed by atoms with Gasteiger partial charge in [-0.1, -0.05) is 30.8 Å². The fourth-order valence-corrected chi connectivity index (χ4v) is 5.13. The molecule has 2 amide bonds. The maximum absolute atomic E-state index is 13.0. The summed E-state index contributed by atoms with van der Waals surface area (Å²) in [6.07, 6.45) is 8.73. The van der Waals surface area contributed by atoms with Crippen molar-refractivity contribution >= 4 is 11.8 Å². The van der Waals surface area contributed by atoms with Crippen molar-refractivity contribution < 1.29 is 14.1 Å². The maximum Gasteiger partial charge on any atom is 0.228 e. The minimum atomic E-state index is -0.0559. The molecule has 27 heavy (non-hydrogen) atoms. The Bertz CT molecular complexity index is 688. The lowest BCUT2D eigenvalue weighted by Gasteiger charge is -2.35. The third kappa shape index (κ3) is 3.76. The molecule has 6 nitrogen and oxygen atoms in total. The summed E-state index contributed by atoms with van der Waals surface area (Å²) >= 11 is 0. The van der Waals surface area contributed by atoms with Crippen molar-refractivity contribution in [2.75, 3.05) is 13.1 Å². The van der Waals surface area contributed by atoms with Gasteiger partial charge in [-0.3, -0.25) is 9.59 Å². The molecule has 6 heteroatoms. The molecular weight excluding hydrogens is 342 g/mol. The van der Waals surface area contributed by atoms with Crippen molar-refractivity contribution in [2.24, 2.45) is 11.8 Å². The molecule has 4 aliphatic rings. The zero-order chi connectivity index (χ0) is 19.0. The van der Waals surface area contributed by atoms with Gasteiger partial charge in [0.1, 0.15) is 5.76 Å². The molecule has 0 unspecified atom stereocenters. The second-order valence-corrected chi connectivity index (χ2v) is 8.68. The van der Waals surface area contributed by atoms with Crippen LogP contribution in [-0.4, -0.2) is 45.9 Å². The highest BCUT2D eigenvalue weighted by Gasteiger charge is 2.42. The number of carbonyl (C=O) groups is 2. The van der Waals surface area contributed by atoms with E-state index in [1.54, 1.807) is 0 Å². The molecule has 1 aromatic heterocycles. The summed E-state index contributed by atoms with van der Waals surface area (Å²) in [6.45, 7) is 5.64. The minimum Gasteiger partial charge on any atom is -0.361 e. The fourth-order valence-electron chi connectivity index (χ4n) is 5.13. The third-order valence-electron chi connectivity index (χ3n) is 6.90. The Kier molecular flexibility index (Phi) is 5.24. The largest absolute Gasteiger partial charge is 0.361 e. The molecule has 3 aliphatic heterocycles. The quantitative estimate of drug-likeness (QED) is 0.795. The molecule has 1 saturated carbocycles. The average Bonchev–Trinajstić information content (AvgIpc) is 3.18. The fraction of sp³-hybridized carbons (Fsp3) is 0.762. The van der Waals surface area contributed by atoms with Crippen LogP contribution in [0.2, 0.25) is 0 Å². The summed E-state index contributed by atoms with van der Waals surface area (Å²) in [5.41, 5.74) is 1.86. The molecule has 0 aromatic carbocycles. The Morgan fingerprint density at radius 1 is 1.15 bits per heavy atom. The van der Waals surface area contributed by atoms with E-state index in [9.17, 15) is 9.59 Å². The second kappa shape index (κ2) is 7.64. The zero-order valence-electron chi connectivity index (χ0n) is 16.6. The number of nitrogens with zero attached hydrogens (tertiary/aromatic N) is 3. The van der Waals surface area contributed by atoms with Gasteiger partial charge in [0.05, 0.1) is 18.2 Å². The molecule has 0 radical (unpaired) electrons.